The van der Waals surface area contributed by atoms with Crippen molar-refractivity contribution in [2.24, 2.45) is 0 Å². The summed E-state index contributed by atoms with van der Waals surface area (Å²) < 4.78 is 10.4. The molecule has 1 aromatic carbocycles. The van der Waals surface area contributed by atoms with Crippen LogP contribution in [0.1, 0.15) is 10.4 Å². The minimum absolute atomic E-state index is 0. The van der Waals surface area contributed by atoms with E-state index in [2.05, 4.69) is 5.32 Å². The summed E-state index contributed by atoms with van der Waals surface area (Å²) in [4.78, 5) is 14.1. The summed E-state index contributed by atoms with van der Waals surface area (Å²) in [6, 6.07) is 5.50. The average molecular weight is 287 g/mol. The number of rotatable bonds is 4. The zero-order valence-electron chi connectivity index (χ0n) is 11.3. The minimum Gasteiger partial charge on any atom is -0.497 e. The van der Waals surface area contributed by atoms with Crippen LogP contribution in [0.4, 0.5) is 0 Å². The third kappa shape index (κ3) is 3.11. The Balaban J connectivity index is 0.00000180. The number of benzene rings is 1. The Morgan fingerprint density at radius 2 is 2.00 bits per heavy atom. The van der Waals surface area contributed by atoms with Gasteiger partial charge in [-0.15, -0.1) is 12.4 Å². The Kier molecular flexibility index (Phi) is 5.44. The van der Waals surface area contributed by atoms with Crippen LogP contribution in [0.15, 0.2) is 18.2 Å². The van der Waals surface area contributed by atoms with Gasteiger partial charge in [-0.05, 0) is 18.2 Å². The third-order valence-corrected chi connectivity index (χ3v) is 3.27. The predicted molar refractivity (Wildman–Crippen MR) is 75.5 cm³/mol. The molecule has 1 aliphatic heterocycles. The highest BCUT2D eigenvalue weighted by Crippen LogP contribution is 2.25. The number of nitrogens with zero attached hydrogens (tertiary/aromatic N) is 1. The molecule has 1 aromatic rings. The van der Waals surface area contributed by atoms with Crippen molar-refractivity contribution in [1.29, 1.82) is 0 Å². The second kappa shape index (κ2) is 6.63. The second-order valence-electron chi connectivity index (χ2n) is 4.29. The zero-order valence-corrected chi connectivity index (χ0v) is 12.1. The van der Waals surface area contributed by atoms with E-state index in [1.54, 1.807) is 37.3 Å². The van der Waals surface area contributed by atoms with Gasteiger partial charge in [-0.1, -0.05) is 0 Å². The summed E-state index contributed by atoms with van der Waals surface area (Å²) in [6.07, 6.45) is 0. The van der Waals surface area contributed by atoms with E-state index in [-0.39, 0.29) is 24.4 Å². The fraction of sp³-hybridized carbons (Fsp3) is 0.462. The first-order chi connectivity index (χ1) is 8.67. The maximum absolute atomic E-state index is 12.4. The monoisotopic (exact) mass is 286 g/mol. The van der Waals surface area contributed by atoms with Crippen LogP contribution in [0.2, 0.25) is 0 Å². The highest BCUT2D eigenvalue weighted by Gasteiger charge is 2.27. The molecule has 0 unspecified atom stereocenters. The van der Waals surface area contributed by atoms with Gasteiger partial charge < -0.3 is 19.7 Å². The number of halogens is 1. The molecule has 1 saturated heterocycles. The number of nitrogens with one attached hydrogen (secondary N) is 1. The van der Waals surface area contributed by atoms with Gasteiger partial charge in [-0.25, -0.2) is 0 Å². The van der Waals surface area contributed by atoms with Gasteiger partial charge in [-0.2, -0.15) is 0 Å². The largest absolute Gasteiger partial charge is 0.497 e. The number of likely N-dealkylation sites (N-methyl/N-ethyl adjacent to an activating group) is 1. The number of amides is 1. The summed E-state index contributed by atoms with van der Waals surface area (Å²) >= 11 is 0. The van der Waals surface area contributed by atoms with E-state index < -0.39 is 0 Å². The molecule has 1 fully saturated rings. The Bertz CT molecular complexity index is 450. The van der Waals surface area contributed by atoms with Crippen LogP contribution in [0.25, 0.3) is 0 Å². The lowest BCUT2D eigenvalue weighted by atomic mass is 10.1. The molecule has 5 nitrogen and oxygen atoms in total. The number of methoxy groups -OCH3 is 2. The van der Waals surface area contributed by atoms with E-state index in [9.17, 15) is 4.79 Å². The van der Waals surface area contributed by atoms with Gasteiger partial charge in [0.2, 0.25) is 0 Å². The van der Waals surface area contributed by atoms with Gasteiger partial charge in [0.05, 0.1) is 25.8 Å². The molecule has 19 heavy (non-hydrogen) atoms. The second-order valence-corrected chi connectivity index (χ2v) is 4.29. The standard InChI is InChI=1S/C13H18N2O3.ClH/c1-15(9-7-14-8-9)13(16)11-6-10(17-2)4-5-12(11)18-3;/h4-6,9,14H,7-8H2,1-3H3;1H. The first-order valence-electron chi connectivity index (χ1n) is 5.87. The summed E-state index contributed by atoms with van der Waals surface area (Å²) in [6.45, 7) is 1.68. The van der Waals surface area contributed by atoms with Crippen LogP contribution in [0.5, 0.6) is 11.5 Å². The van der Waals surface area contributed by atoms with E-state index >= 15 is 0 Å². The first kappa shape index (κ1) is 15.6. The molecule has 1 heterocycles. The lowest BCUT2D eigenvalue weighted by Crippen LogP contribution is -2.57. The Morgan fingerprint density at radius 3 is 2.47 bits per heavy atom. The van der Waals surface area contributed by atoms with Crippen LogP contribution in [-0.4, -0.2) is 51.2 Å². The molecule has 0 spiro atoms. The molecular formula is C13H19ClN2O3. The maximum Gasteiger partial charge on any atom is 0.257 e. The number of carbonyl (C=O) groups is 1. The van der Waals surface area contributed by atoms with E-state index in [1.807, 2.05) is 7.05 Å². The normalized spacial score (nSPS) is 14.1. The minimum atomic E-state index is -0.0442. The number of ether oxygens (including phenoxy) is 2. The van der Waals surface area contributed by atoms with Gasteiger partial charge >= 0.3 is 0 Å². The fourth-order valence-corrected chi connectivity index (χ4v) is 1.88. The van der Waals surface area contributed by atoms with E-state index in [1.165, 1.54) is 0 Å². The van der Waals surface area contributed by atoms with Crippen molar-refractivity contribution >= 4 is 18.3 Å². The smallest absolute Gasteiger partial charge is 0.257 e. The molecule has 0 radical (unpaired) electrons. The Labute approximate surface area is 119 Å². The van der Waals surface area contributed by atoms with Crippen LogP contribution >= 0.6 is 12.4 Å². The summed E-state index contributed by atoms with van der Waals surface area (Å²) in [5, 5.41) is 3.15. The SMILES string of the molecule is COc1ccc(OC)c(C(=O)N(C)C2CNC2)c1.Cl. The first-order valence-corrected chi connectivity index (χ1v) is 5.87. The molecule has 1 aliphatic rings. The lowest BCUT2D eigenvalue weighted by Gasteiger charge is -2.35. The van der Waals surface area contributed by atoms with E-state index in [4.69, 9.17) is 9.47 Å². The quantitative estimate of drug-likeness (QED) is 0.903. The van der Waals surface area contributed by atoms with E-state index in [0.29, 0.717) is 17.1 Å². The van der Waals surface area contributed by atoms with Crippen molar-refractivity contribution in [3.63, 3.8) is 0 Å². The average Bonchev–Trinajstić information content (AvgIpc) is 2.34. The van der Waals surface area contributed by atoms with E-state index in [0.717, 1.165) is 13.1 Å². The molecule has 6 heteroatoms. The number of hydrogen-bond donors (Lipinski definition) is 1. The van der Waals surface area contributed by atoms with Crippen molar-refractivity contribution < 1.29 is 14.3 Å². The van der Waals surface area contributed by atoms with Crippen molar-refractivity contribution in [3.05, 3.63) is 23.8 Å². The lowest BCUT2D eigenvalue weighted by molar-refractivity contribution is 0.0677. The highest BCUT2D eigenvalue weighted by atomic mass is 35.5. The van der Waals surface area contributed by atoms with Crippen LogP contribution in [0, 0.1) is 0 Å². The van der Waals surface area contributed by atoms with Gasteiger partial charge in [-0.3, -0.25) is 4.79 Å². The molecule has 0 aliphatic carbocycles. The molecule has 2 rings (SSSR count). The molecule has 0 saturated carbocycles. The molecule has 106 valence electrons. The van der Waals surface area contributed by atoms with Crippen molar-refractivity contribution in [3.8, 4) is 11.5 Å². The maximum atomic E-state index is 12.4. The van der Waals surface area contributed by atoms with Gasteiger partial charge in [0.25, 0.3) is 5.91 Å². The number of hydrogen-bond acceptors (Lipinski definition) is 4. The Morgan fingerprint density at radius 1 is 1.32 bits per heavy atom. The predicted octanol–water partition coefficient (Wildman–Crippen LogP) is 1.17. The molecular weight excluding hydrogens is 268 g/mol. The van der Waals surface area contributed by atoms with Gasteiger partial charge in [0, 0.05) is 20.1 Å². The fourth-order valence-electron chi connectivity index (χ4n) is 1.88. The van der Waals surface area contributed by atoms with Crippen LogP contribution < -0.4 is 14.8 Å². The van der Waals surface area contributed by atoms with Crippen LogP contribution in [-0.2, 0) is 0 Å². The van der Waals surface area contributed by atoms with Crippen LogP contribution in [0.3, 0.4) is 0 Å². The third-order valence-electron chi connectivity index (χ3n) is 3.27. The summed E-state index contributed by atoms with van der Waals surface area (Å²) in [5.74, 6) is 1.18. The van der Waals surface area contributed by atoms with Crippen molar-refractivity contribution in [2.45, 2.75) is 6.04 Å². The van der Waals surface area contributed by atoms with Gasteiger partial charge in [0.1, 0.15) is 11.5 Å². The number of carbonyl (C=O) groups excluding carboxylic acids is 1. The molecule has 1 amide bonds. The van der Waals surface area contributed by atoms with Gasteiger partial charge in [0.15, 0.2) is 0 Å². The molecule has 0 atom stereocenters. The molecule has 0 aromatic heterocycles. The topological polar surface area (TPSA) is 50.8 Å². The molecule has 0 bridgehead atoms. The summed E-state index contributed by atoms with van der Waals surface area (Å²) in [7, 11) is 4.95. The highest BCUT2D eigenvalue weighted by molar-refractivity contribution is 5.97. The zero-order chi connectivity index (χ0) is 13.1. The van der Waals surface area contributed by atoms with Crippen molar-refractivity contribution in [2.75, 3.05) is 34.4 Å². The summed E-state index contributed by atoms with van der Waals surface area (Å²) in [5.41, 5.74) is 0.534. The molecule has 1 N–H and O–H groups in total. The van der Waals surface area contributed by atoms with Crippen molar-refractivity contribution in [1.82, 2.24) is 10.2 Å². The Hall–Kier alpha value is -1.46.